The van der Waals surface area contributed by atoms with Crippen LogP contribution in [-0.4, -0.2) is 25.1 Å². The average Bonchev–Trinajstić information content (AvgIpc) is 2.34. The molecule has 1 rings (SSSR count). The minimum absolute atomic E-state index is 0.0391. The third-order valence-corrected chi connectivity index (χ3v) is 3.75. The molecule has 108 valence electrons. The van der Waals surface area contributed by atoms with Gasteiger partial charge < -0.3 is 10.6 Å². The normalized spacial score (nSPS) is 13.4. The molecule has 0 aliphatic carbocycles. The van der Waals surface area contributed by atoms with Crippen molar-refractivity contribution in [1.82, 2.24) is 0 Å². The van der Waals surface area contributed by atoms with Crippen LogP contribution in [0.15, 0.2) is 18.2 Å². The number of thioether (sulfide) groups is 1. The van der Waals surface area contributed by atoms with E-state index in [1.165, 1.54) is 12.1 Å². The van der Waals surface area contributed by atoms with Crippen molar-refractivity contribution in [3.8, 4) is 0 Å². The summed E-state index contributed by atoms with van der Waals surface area (Å²) in [4.78, 5) is 1.67. The number of anilines is 2. The van der Waals surface area contributed by atoms with Crippen LogP contribution < -0.4 is 10.6 Å². The highest BCUT2D eigenvalue weighted by molar-refractivity contribution is 7.98. The minimum atomic E-state index is -4.39. The van der Waals surface area contributed by atoms with E-state index < -0.39 is 11.7 Å². The van der Waals surface area contributed by atoms with Crippen molar-refractivity contribution in [3.05, 3.63) is 23.8 Å². The van der Waals surface area contributed by atoms with E-state index in [9.17, 15) is 13.2 Å². The van der Waals surface area contributed by atoms with Crippen molar-refractivity contribution in [1.29, 1.82) is 0 Å². The molecule has 0 fully saturated rings. The summed E-state index contributed by atoms with van der Waals surface area (Å²) in [6.07, 6.45) is -1.57. The van der Waals surface area contributed by atoms with E-state index in [2.05, 4.69) is 0 Å². The topological polar surface area (TPSA) is 29.3 Å². The molecule has 0 radical (unpaired) electrons. The Hall–Kier alpha value is -1.04. The number of alkyl halides is 3. The first-order valence-electron chi connectivity index (χ1n) is 5.96. The van der Waals surface area contributed by atoms with Crippen molar-refractivity contribution < 1.29 is 13.2 Å². The summed E-state index contributed by atoms with van der Waals surface area (Å²) in [5.74, 6) is 0.918. The lowest BCUT2D eigenvalue weighted by Gasteiger charge is -2.29. The van der Waals surface area contributed by atoms with Gasteiger partial charge in [-0.05, 0) is 43.6 Å². The number of hydrogen-bond acceptors (Lipinski definition) is 3. The SMILES string of the molecule is CSCCC(C)N(C)c1ccc(N)cc1C(F)(F)F. The highest BCUT2D eigenvalue weighted by atomic mass is 32.2. The molecule has 0 bridgehead atoms. The molecule has 1 unspecified atom stereocenters. The lowest BCUT2D eigenvalue weighted by atomic mass is 10.1. The number of nitrogen functional groups attached to an aromatic ring is 1. The third kappa shape index (κ3) is 4.23. The number of rotatable bonds is 5. The first kappa shape index (κ1) is 16.0. The van der Waals surface area contributed by atoms with Gasteiger partial charge in [-0.3, -0.25) is 0 Å². The molecule has 0 aromatic heterocycles. The molecule has 0 heterocycles. The van der Waals surface area contributed by atoms with Crippen LogP contribution in [0.1, 0.15) is 18.9 Å². The van der Waals surface area contributed by atoms with Gasteiger partial charge in [0.2, 0.25) is 0 Å². The fourth-order valence-electron chi connectivity index (χ4n) is 1.81. The summed E-state index contributed by atoms with van der Waals surface area (Å²) in [5.41, 5.74) is 5.09. The monoisotopic (exact) mass is 292 g/mol. The fraction of sp³-hybridized carbons (Fsp3) is 0.538. The van der Waals surface area contributed by atoms with Gasteiger partial charge in [0.05, 0.1) is 5.56 Å². The lowest BCUT2D eigenvalue weighted by molar-refractivity contribution is -0.137. The van der Waals surface area contributed by atoms with Gasteiger partial charge in [-0.25, -0.2) is 0 Å². The fourth-order valence-corrected chi connectivity index (χ4v) is 2.38. The van der Waals surface area contributed by atoms with E-state index in [4.69, 9.17) is 5.73 Å². The van der Waals surface area contributed by atoms with Crippen molar-refractivity contribution in [2.75, 3.05) is 29.7 Å². The molecule has 1 aromatic carbocycles. The van der Waals surface area contributed by atoms with E-state index in [0.29, 0.717) is 0 Å². The van der Waals surface area contributed by atoms with Crippen LogP contribution >= 0.6 is 11.8 Å². The van der Waals surface area contributed by atoms with Gasteiger partial charge in [0.25, 0.3) is 0 Å². The van der Waals surface area contributed by atoms with Gasteiger partial charge in [0.1, 0.15) is 0 Å². The standard InChI is InChI=1S/C13H19F3N2S/c1-9(6-7-19-3)18(2)12-5-4-10(17)8-11(12)13(14,15)16/h4-5,8-9H,6-7,17H2,1-3H3. The second kappa shape index (κ2) is 6.41. The second-order valence-electron chi connectivity index (χ2n) is 4.52. The quantitative estimate of drug-likeness (QED) is 0.835. The molecule has 1 aromatic rings. The van der Waals surface area contributed by atoms with Gasteiger partial charge in [0.15, 0.2) is 0 Å². The Kier molecular flexibility index (Phi) is 5.40. The number of hydrogen-bond donors (Lipinski definition) is 1. The van der Waals surface area contributed by atoms with Crippen molar-refractivity contribution in [3.63, 3.8) is 0 Å². The predicted molar refractivity (Wildman–Crippen MR) is 76.7 cm³/mol. The zero-order valence-corrected chi connectivity index (χ0v) is 12.1. The van der Waals surface area contributed by atoms with Crippen LogP contribution in [0.5, 0.6) is 0 Å². The van der Waals surface area contributed by atoms with Gasteiger partial charge >= 0.3 is 6.18 Å². The van der Waals surface area contributed by atoms with E-state index in [1.807, 2.05) is 13.2 Å². The maximum Gasteiger partial charge on any atom is 0.418 e. The Morgan fingerprint density at radius 1 is 1.37 bits per heavy atom. The van der Waals surface area contributed by atoms with Crippen LogP contribution in [0.2, 0.25) is 0 Å². The smallest absolute Gasteiger partial charge is 0.399 e. The summed E-state index contributed by atoms with van der Waals surface area (Å²) < 4.78 is 39.1. The summed E-state index contributed by atoms with van der Waals surface area (Å²) >= 11 is 1.69. The van der Waals surface area contributed by atoms with E-state index >= 15 is 0 Å². The van der Waals surface area contributed by atoms with Crippen molar-refractivity contribution in [2.24, 2.45) is 0 Å². The van der Waals surface area contributed by atoms with Gasteiger partial charge in [0, 0.05) is 24.5 Å². The number of benzene rings is 1. The zero-order chi connectivity index (χ0) is 14.6. The molecule has 0 saturated heterocycles. The molecule has 1 atom stereocenters. The molecule has 0 aliphatic rings. The van der Waals surface area contributed by atoms with Crippen molar-refractivity contribution in [2.45, 2.75) is 25.6 Å². The number of nitrogens with two attached hydrogens (primary N) is 1. The van der Waals surface area contributed by atoms with E-state index in [-0.39, 0.29) is 17.4 Å². The maximum atomic E-state index is 13.0. The van der Waals surface area contributed by atoms with Gasteiger partial charge in [-0.15, -0.1) is 0 Å². The van der Waals surface area contributed by atoms with Crippen LogP contribution in [-0.2, 0) is 6.18 Å². The first-order chi connectivity index (χ1) is 8.77. The summed E-state index contributed by atoms with van der Waals surface area (Å²) in [5, 5.41) is 0. The number of halogens is 3. The predicted octanol–water partition coefficient (Wildman–Crippen LogP) is 3.87. The average molecular weight is 292 g/mol. The Bertz CT molecular complexity index is 421. The lowest BCUT2D eigenvalue weighted by Crippen LogP contribution is -2.31. The van der Waals surface area contributed by atoms with E-state index in [0.717, 1.165) is 18.2 Å². The molecule has 2 nitrogen and oxygen atoms in total. The van der Waals surface area contributed by atoms with Crippen LogP contribution in [0.25, 0.3) is 0 Å². The largest absolute Gasteiger partial charge is 0.418 e. The van der Waals surface area contributed by atoms with Crippen molar-refractivity contribution >= 4 is 23.1 Å². The summed E-state index contributed by atoms with van der Waals surface area (Å²) in [6, 6.07) is 3.97. The Balaban J connectivity index is 3.05. The molecule has 0 aliphatic heterocycles. The minimum Gasteiger partial charge on any atom is -0.399 e. The third-order valence-electron chi connectivity index (χ3n) is 3.11. The molecular weight excluding hydrogens is 273 g/mol. The van der Waals surface area contributed by atoms with Crippen LogP contribution in [0, 0.1) is 0 Å². The maximum absolute atomic E-state index is 13.0. The Labute approximate surface area is 116 Å². The van der Waals surface area contributed by atoms with Crippen LogP contribution in [0.4, 0.5) is 24.5 Å². The molecule has 2 N–H and O–H groups in total. The summed E-state index contributed by atoms with van der Waals surface area (Å²) in [6.45, 7) is 1.92. The first-order valence-corrected chi connectivity index (χ1v) is 7.35. The zero-order valence-electron chi connectivity index (χ0n) is 11.3. The Morgan fingerprint density at radius 2 is 2.00 bits per heavy atom. The molecule has 0 saturated carbocycles. The highest BCUT2D eigenvalue weighted by Crippen LogP contribution is 2.38. The van der Waals surface area contributed by atoms with Gasteiger partial charge in [-0.1, -0.05) is 0 Å². The Morgan fingerprint density at radius 3 is 2.53 bits per heavy atom. The molecular formula is C13H19F3N2S. The van der Waals surface area contributed by atoms with Gasteiger partial charge in [-0.2, -0.15) is 24.9 Å². The second-order valence-corrected chi connectivity index (χ2v) is 5.50. The summed E-state index contributed by atoms with van der Waals surface area (Å²) in [7, 11) is 1.69. The molecule has 6 heteroatoms. The molecule has 19 heavy (non-hydrogen) atoms. The highest BCUT2D eigenvalue weighted by Gasteiger charge is 2.35. The van der Waals surface area contributed by atoms with E-state index in [1.54, 1.807) is 23.7 Å². The van der Waals surface area contributed by atoms with Crippen LogP contribution in [0.3, 0.4) is 0 Å². The number of nitrogens with zero attached hydrogens (tertiary/aromatic N) is 1. The molecule has 0 spiro atoms. The molecule has 0 amide bonds.